The van der Waals surface area contributed by atoms with Crippen LogP contribution in [0.4, 0.5) is 11.4 Å². The monoisotopic (exact) mass is 471 g/mol. The molecular formula is C22H25N5O3S2. The first-order chi connectivity index (χ1) is 15.0. The van der Waals surface area contributed by atoms with Gasteiger partial charge in [-0.05, 0) is 68.4 Å². The second-order valence-electron chi connectivity index (χ2n) is 8.31. The van der Waals surface area contributed by atoms with E-state index >= 15 is 0 Å². The summed E-state index contributed by atoms with van der Waals surface area (Å²) in [6.45, 7) is 7.51. The number of rotatable bonds is 6. The molecule has 3 aromatic rings. The second kappa shape index (κ2) is 9.09. The lowest BCUT2D eigenvalue weighted by molar-refractivity contribution is -0.123. The van der Waals surface area contributed by atoms with Crippen LogP contribution in [-0.2, 0) is 4.79 Å². The maximum atomic E-state index is 13.8. The lowest BCUT2D eigenvalue weighted by Crippen LogP contribution is -2.49. The summed E-state index contributed by atoms with van der Waals surface area (Å²) in [7, 11) is 0. The molecule has 5 N–H and O–H groups in total. The number of primary amides is 1. The lowest BCUT2D eigenvalue weighted by atomic mass is 10.1. The summed E-state index contributed by atoms with van der Waals surface area (Å²) in [6.07, 6.45) is 0. The summed E-state index contributed by atoms with van der Waals surface area (Å²) in [6, 6.07) is 9.94. The van der Waals surface area contributed by atoms with E-state index in [4.69, 9.17) is 11.5 Å². The maximum absolute atomic E-state index is 13.8. The van der Waals surface area contributed by atoms with Crippen LogP contribution in [0.5, 0.6) is 0 Å². The summed E-state index contributed by atoms with van der Waals surface area (Å²) >= 11 is 2.15. The molecule has 1 aromatic carbocycles. The highest BCUT2D eigenvalue weighted by molar-refractivity contribution is 7.10. The van der Waals surface area contributed by atoms with E-state index in [1.165, 1.54) is 16.2 Å². The molecule has 0 unspecified atom stereocenters. The molecular weight excluding hydrogens is 446 g/mol. The van der Waals surface area contributed by atoms with Crippen LogP contribution >= 0.6 is 22.9 Å². The number of nitrogen functional groups attached to an aromatic ring is 1. The average molecular weight is 472 g/mol. The minimum Gasteiger partial charge on any atom is -0.395 e. The average Bonchev–Trinajstić information content (AvgIpc) is 3.33. The van der Waals surface area contributed by atoms with Crippen molar-refractivity contribution in [2.75, 3.05) is 10.6 Å². The van der Waals surface area contributed by atoms with Gasteiger partial charge in [0.2, 0.25) is 5.91 Å². The fourth-order valence-electron chi connectivity index (χ4n) is 3.16. The number of hydrogen-bond acceptors (Lipinski definition) is 7. The van der Waals surface area contributed by atoms with Crippen molar-refractivity contribution in [1.82, 2.24) is 9.69 Å². The van der Waals surface area contributed by atoms with E-state index in [-0.39, 0.29) is 22.2 Å². The summed E-state index contributed by atoms with van der Waals surface area (Å²) in [5.74, 6) is -1.70. The molecule has 2 heterocycles. The van der Waals surface area contributed by atoms with E-state index in [0.717, 1.165) is 17.1 Å². The van der Waals surface area contributed by atoms with Gasteiger partial charge in [0.15, 0.2) is 11.7 Å². The zero-order valence-electron chi connectivity index (χ0n) is 18.2. The molecule has 0 saturated heterocycles. The Labute approximate surface area is 194 Å². The van der Waals surface area contributed by atoms with Gasteiger partial charge in [-0.1, -0.05) is 18.2 Å². The van der Waals surface area contributed by atoms with Crippen molar-refractivity contribution in [3.8, 4) is 0 Å². The van der Waals surface area contributed by atoms with Gasteiger partial charge in [-0.2, -0.15) is 4.37 Å². The van der Waals surface area contributed by atoms with Crippen LogP contribution in [0.2, 0.25) is 0 Å². The Morgan fingerprint density at radius 1 is 1.16 bits per heavy atom. The lowest BCUT2D eigenvalue weighted by Gasteiger charge is -2.33. The first-order valence-corrected chi connectivity index (χ1v) is 11.5. The number of nitrogens with zero attached hydrogens (tertiary/aromatic N) is 2. The molecule has 32 heavy (non-hydrogen) atoms. The quantitative estimate of drug-likeness (QED) is 0.506. The standard InChI is InChI=1S/C22H25N5O3S2/c1-12-7-5-8-13(11-12)27(21(30)18-15(23)16(19(24)28)26-32-18)17(14-9-6-10-31-14)20(29)25-22(2,3)4/h5-11,17H,23H2,1-4H3,(H2,24,28)(H,25,29)/t17-/m0/s1. The Morgan fingerprint density at radius 3 is 2.41 bits per heavy atom. The second-order valence-corrected chi connectivity index (χ2v) is 10.1. The van der Waals surface area contributed by atoms with Gasteiger partial charge >= 0.3 is 0 Å². The first-order valence-electron chi connectivity index (χ1n) is 9.80. The van der Waals surface area contributed by atoms with Gasteiger partial charge in [0, 0.05) is 16.1 Å². The molecule has 0 aliphatic heterocycles. The molecule has 0 aliphatic carbocycles. The number of carbonyl (C=O) groups excluding carboxylic acids is 3. The van der Waals surface area contributed by atoms with Crippen molar-refractivity contribution in [3.63, 3.8) is 0 Å². The van der Waals surface area contributed by atoms with E-state index in [2.05, 4.69) is 9.69 Å². The molecule has 2 aromatic heterocycles. The highest BCUT2D eigenvalue weighted by Crippen LogP contribution is 2.35. The number of aryl methyl sites for hydroxylation is 1. The van der Waals surface area contributed by atoms with E-state index in [1.807, 2.05) is 57.3 Å². The van der Waals surface area contributed by atoms with Crippen LogP contribution in [-0.4, -0.2) is 27.6 Å². The third-order valence-electron chi connectivity index (χ3n) is 4.47. The summed E-state index contributed by atoms with van der Waals surface area (Å²) < 4.78 is 3.95. The van der Waals surface area contributed by atoms with Crippen molar-refractivity contribution in [2.45, 2.75) is 39.3 Å². The van der Waals surface area contributed by atoms with Gasteiger partial charge in [0.1, 0.15) is 4.88 Å². The van der Waals surface area contributed by atoms with E-state index in [1.54, 1.807) is 12.1 Å². The Hall–Kier alpha value is -3.24. The van der Waals surface area contributed by atoms with Crippen LogP contribution < -0.4 is 21.7 Å². The zero-order valence-corrected chi connectivity index (χ0v) is 19.8. The largest absolute Gasteiger partial charge is 0.395 e. The number of nitrogens with two attached hydrogens (primary N) is 2. The van der Waals surface area contributed by atoms with Gasteiger partial charge in [0.05, 0.1) is 5.69 Å². The number of carbonyl (C=O) groups is 3. The highest BCUT2D eigenvalue weighted by Gasteiger charge is 2.37. The SMILES string of the molecule is Cc1cccc(N(C(=O)c2snc(C(N)=O)c2N)[C@H](C(=O)NC(C)(C)C)c2cccs2)c1. The van der Waals surface area contributed by atoms with E-state index < -0.39 is 23.4 Å². The normalized spacial score (nSPS) is 12.2. The molecule has 0 fully saturated rings. The molecule has 8 nitrogen and oxygen atoms in total. The van der Waals surface area contributed by atoms with Gasteiger partial charge in [-0.25, -0.2) is 0 Å². The predicted octanol–water partition coefficient (Wildman–Crippen LogP) is 3.50. The van der Waals surface area contributed by atoms with Crippen LogP contribution in [0.1, 0.15) is 57.4 Å². The summed E-state index contributed by atoms with van der Waals surface area (Å²) in [5, 5.41) is 4.82. The molecule has 1 atom stereocenters. The van der Waals surface area contributed by atoms with Crippen LogP contribution in [0.15, 0.2) is 41.8 Å². The van der Waals surface area contributed by atoms with Gasteiger partial charge in [-0.3, -0.25) is 19.3 Å². The molecule has 0 radical (unpaired) electrons. The van der Waals surface area contributed by atoms with Crippen LogP contribution in [0.25, 0.3) is 0 Å². The van der Waals surface area contributed by atoms with Crippen molar-refractivity contribution in [3.05, 3.63) is 62.8 Å². The summed E-state index contributed by atoms with van der Waals surface area (Å²) in [4.78, 5) is 41.0. The van der Waals surface area contributed by atoms with Gasteiger partial charge in [-0.15, -0.1) is 11.3 Å². The molecule has 0 spiro atoms. The minimum absolute atomic E-state index is 0.0467. The van der Waals surface area contributed by atoms with Crippen molar-refractivity contribution < 1.29 is 14.4 Å². The Balaban J connectivity index is 2.19. The number of aromatic nitrogens is 1. The number of amides is 3. The molecule has 168 valence electrons. The number of benzene rings is 1. The molecule has 0 bridgehead atoms. The number of thiophene rings is 1. The van der Waals surface area contributed by atoms with Crippen LogP contribution in [0.3, 0.4) is 0 Å². The third-order valence-corrected chi connectivity index (χ3v) is 6.25. The van der Waals surface area contributed by atoms with Gasteiger partial charge < -0.3 is 16.8 Å². The molecule has 0 saturated carbocycles. The number of nitrogens with one attached hydrogen (secondary N) is 1. The Morgan fingerprint density at radius 2 is 1.88 bits per heavy atom. The maximum Gasteiger partial charge on any atom is 0.273 e. The molecule has 10 heteroatoms. The molecule has 3 rings (SSSR count). The van der Waals surface area contributed by atoms with Crippen LogP contribution in [0, 0.1) is 6.92 Å². The van der Waals surface area contributed by atoms with Crippen molar-refractivity contribution in [2.24, 2.45) is 5.73 Å². The van der Waals surface area contributed by atoms with E-state index in [9.17, 15) is 14.4 Å². The fourth-order valence-corrected chi connectivity index (χ4v) is 4.71. The molecule has 3 amide bonds. The number of anilines is 2. The number of hydrogen-bond donors (Lipinski definition) is 3. The first kappa shape index (κ1) is 23.4. The predicted molar refractivity (Wildman–Crippen MR) is 128 cm³/mol. The van der Waals surface area contributed by atoms with Gasteiger partial charge in [0.25, 0.3) is 11.8 Å². The Bertz CT molecular complexity index is 1150. The Kier molecular flexibility index (Phi) is 6.65. The zero-order chi connectivity index (χ0) is 23.6. The van der Waals surface area contributed by atoms with Crippen molar-refractivity contribution in [1.29, 1.82) is 0 Å². The highest BCUT2D eigenvalue weighted by atomic mass is 32.1. The minimum atomic E-state index is -0.956. The van der Waals surface area contributed by atoms with E-state index in [0.29, 0.717) is 10.6 Å². The smallest absolute Gasteiger partial charge is 0.273 e. The topological polar surface area (TPSA) is 131 Å². The fraction of sp³-hybridized carbons (Fsp3) is 0.273. The molecule has 0 aliphatic rings. The van der Waals surface area contributed by atoms with Crippen molar-refractivity contribution >= 4 is 52.0 Å². The third kappa shape index (κ3) is 4.97. The summed E-state index contributed by atoms with van der Waals surface area (Å²) in [5.41, 5.74) is 12.0.